The lowest BCUT2D eigenvalue weighted by molar-refractivity contribution is -0.139. The van der Waals surface area contributed by atoms with Crippen molar-refractivity contribution in [2.45, 2.75) is 46.8 Å². The Labute approximate surface area is 178 Å². The molecule has 1 aromatic heterocycles. The number of hydrogen-bond acceptors (Lipinski definition) is 4. The summed E-state index contributed by atoms with van der Waals surface area (Å²) in [7, 11) is 0. The molecule has 5 nitrogen and oxygen atoms in total. The Balaban J connectivity index is 1.95. The number of ether oxygens (including phenoxy) is 2. The van der Waals surface area contributed by atoms with Crippen LogP contribution in [0.15, 0.2) is 60.7 Å². The molecule has 0 bridgehead atoms. The van der Waals surface area contributed by atoms with Crippen LogP contribution in [0.3, 0.4) is 0 Å². The molecule has 0 saturated heterocycles. The van der Waals surface area contributed by atoms with Gasteiger partial charge in [0.15, 0.2) is 5.78 Å². The van der Waals surface area contributed by atoms with Crippen LogP contribution >= 0.6 is 0 Å². The lowest BCUT2D eigenvalue weighted by atomic mass is 10.1. The number of nitrogens with zero attached hydrogens (tertiary/aromatic N) is 2. The summed E-state index contributed by atoms with van der Waals surface area (Å²) in [5.74, 6) is 1.27. The molecule has 0 fully saturated rings. The average molecular weight is 407 g/mol. The van der Waals surface area contributed by atoms with E-state index >= 15 is 0 Å². The summed E-state index contributed by atoms with van der Waals surface area (Å²) in [5.41, 5.74) is 2.82. The van der Waals surface area contributed by atoms with E-state index in [0.717, 1.165) is 28.4 Å². The van der Waals surface area contributed by atoms with Crippen LogP contribution in [0.5, 0.6) is 5.75 Å². The third kappa shape index (κ3) is 5.36. The van der Waals surface area contributed by atoms with Gasteiger partial charge in [0.25, 0.3) is 0 Å². The lowest BCUT2D eigenvalue weighted by Gasteiger charge is -2.21. The molecule has 0 aliphatic rings. The van der Waals surface area contributed by atoms with Crippen molar-refractivity contribution in [3.05, 3.63) is 66.4 Å². The second kappa shape index (κ2) is 9.26. The number of carbonyl (C=O) groups excluding carboxylic acids is 1. The van der Waals surface area contributed by atoms with Crippen LogP contribution in [0, 0.1) is 5.92 Å². The lowest BCUT2D eigenvalue weighted by Crippen LogP contribution is -2.32. The number of benzene rings is 2. The van der Waals surface area contributed by atoms with Crippen molar-refractivity contribution >= 4 is 5.78 Å². The molecule has 5 heteroatoms. The molecule has 0 radical (unpaired) electrons. The largest absolute Gasteiger partial charge is 0.493 e. The predicted octanol–water partition coefficient (Wildman–Crippen LogP) is 5.46. The summed E-state index contributed by atoms with van der Waals surface area (Å²) in [6.07, 6.45) is 0. The highest BCUT2D eigenvalue weighted by Gasteiger charge is 2.25. The Bertz CT molecular complexity index is 991. The van der Waals surface area contributed by atoms with Gasteiger partial charge in [0, 0.05) is 5.56 Å². The molecule has 0 aliphatic carbocycles. The van der Waals surface area contributed by atoms with E-state index in [1.54, 1.807) is 13.8 Å². The summed E-state index contributed by atoms with van der Waals surface area (Å²) in [5, 5.41) is 4.76. The third-order valence-corrected chi connectivity index (χ3v) is 4.90. The Morgan fingerprint density at radius 2 is 1.80 bits per heavy atom. The van der Waals surface area contributed by atoms with Gasteiger partial charge in [-0.15, -0.1) is 0 Å². The van der Waals surface area contributed by atoms with Crippen LogP contribution in [-0.2, 0) is 16.1 Å². The Morgan fingerprint density at radius 3 is 2.47 bits per heavy atom. The van der Waals surface area contributed by atoms with Crippen molar-refractivity contribution in [3.63, 3.8) is 0 Å². The van der Waals surface area contributed by atoms with Crippen molar-refractivity contribution in [1.29, 1.82) is 0 Å². The minimum absolute atomic E-state index is 0.0137. The second-order valence-electron chi connectivity index (χ2n) is 8.36. The molecule has 0 aliphatic heterocycles. The Hall–Kier alpha value is -2.92. The van der Waals surface area contributed by atoms with E-state index in [9.17, 15) is 4.79 Å². The van der Waals surface area contributed by atoms with Crippen molar-refractivity contribution in [1.82, 2.24) is 9.78 Å². The van der Waals surface area contributed by atoms with E-state index in [4.69, 9.17) is 14.6 Å². The molecule has 0 unspecified atom stereocenters. The molecule has 3 aromatic rings. The highest BCUT2D eigenvalue weighted by Crippen LogP contribution is 2.28. The quantitative estimate of drug-likeness (QED) is 0.474. The number of ketones is 1. The van der Waals surface area contributed by atoms with E-state index in [2.05, 4.69) is 13.8 Å². The smallest absolute Gasteiger partial charge is 0.161 e. The molecule has 0 amide bonds. The molecule has 30 heavy (non-hydrogen) atoms. The van der Waals surface area contributed by atoms with Crippen LogP contribution in [-0.4, -0.2) is 27.8 Å². The number of rotatable bonds is 9. The Morgan fingerprint density at radius 1 is 1.07 bits per heavy atom. The Kier molecular flexibility index (Phi) is 6.73. The molecule has 0 N–H and O–H groups in total. The zero-order chi connectivity index (χ0) is 21.7. The molecule has 0 saturated carbocycles. The predicted molar refractivity (Wildman–Crippen MR) is 119 cm³/mol. The van der Waals surface area contributed by atoms with Crippen LogP contribution in [0.4, 0.5) is 0 Å². The zero-order valence-electron chi connectivity index (χ0n) is 18.4. The molecule has 1 heterocycles. The first-order valence-corrected chi connectivity index (χ1v) is 10.3. The van der Waals surface area contributed by atoms with Gasteiger partial charge in [-0.2, -0.15) is 5.10 Å². The molecular formula is C25H30N2O3. The van der Waals surface area contributed by atoms with E-state index in [1.807, 2.05) is 65.3 Å². The first-order valence-electron chi connectivity index (χ1n) is 10.3. The second-order valence-corrected chi connectivity index (χ2v) is 8.36. The first-order chi connectivity index (χ1) is 14.3. The zero-order valence-corrected chi connectivity index (χ0v) is 18.4. The van der Waals surface area contributed by atoms with Crippen molar-refractivity contribution in [2.75, 3.05) is 6.61 Å². The fraction of sp³-hybridized carbons (Fsp3) is 0.360. The number of hydrogen-bond donors (Lipinski definition) is 0. The van der Waals surface area contributed by atoms with Crippen molar-refractivity contribution < 1.29 is 14.3 Å². The maximum absolute atomic E-state index is 11.8. The van der Waals surface area contributed by atoms with Crippen LogP contribution in [0.1, 0.15) is 40.3 Å². The van der Waals surface area contributed by atoms with Gasteiger partial charge in [-0.1, -0.05) is 44.2 Å². The van der Waals surface area contributed by atoms with Gasteiger partial charge >= 0.3 is 0 Å². The van der Waals surface area contributed by atoms with Gasteiger partial charge in [-0.25, -0.2) is 4.68 Å². The van der Waals surface area contributed by atoms with E-state index in [0.29, 0.717) is 12.5 Å². The van der Waals surface area contributed by atoms with E-state index in [-0.39, 0.29) is 12.4 Å². The normalized spacial score (nSPS) is 11.7. The number of Topliss-reactive ketones (excluding diaryl/α,β-unsaturated/α-hetero) is 1. The molecule has 158 valence electrons. The highest BCUT2D eigenvalue weighted by molar-refractivity contribution is 5.83. The van der Waals surface area contributed by atoms with Gasteiger partial charge in [0.05, 0.1) is 30.3 Å². The maximum Gasteiger partial charge on any atom is 0.161 e. The van der Waals surface area contributed by atoms with Crippen LogP contribution < -0.4 is 4.74 Å². The molecular weight excluding hydrogens is 376 g/mol. The number of carbonyl (C=O) groups is 1. The van der Waals surface area contributed by atoms with Crippen molar-refractivity contribution in [2.24, 2.45) is 5.92 Å². The van der Waals surface area contributed by atoms with Crippen LogP contribution in [0.2, 0.25) is 0 Å². The van der Waals surface area contributed by atoms with Gasteiger partial charge in [0.1, 0.15) is 11.4 Å². The minimum Gasteiger partial charge on any atom is -0.493 e. The summed E-state index contributed by atoms with van der Waals surface area (Å²) in [4.78, 5) is 11.8. The van der Waals surface area contributed by atoms with E-state index in [1.165, 1.54) is 6.92 Å². The minimum atomic E-state index is -0.846. The number of para-hydroxylation sites is 1. The van der Waals surface area contributed by atoms with E-state index < -0.39 is 5.60 Å². The van der Waals surface area contributed by atoms with Gasteiger partial charge < -0.3 is 9.47 Å². The van der Waals surface area contributed by atoms with Crippen molar-refractivity contribution in [3.8, 4) is 22.7 Å². The SMILES string of the molecule is CC(=O)C(C)(C)OCc1cc(-c2cccc(OCC(C)C)c2)n(-c2ccccc2)n1. The summed E-state index contributed by atoms with van der Waals surface area (Å²) >= 11 is 0. The van der Waals surface area contributed by atoms with Crippen LogP contribution in [0.25, 0.3) is 16.9 Å². The maximum atomic E-state index is 11.8. The fourth-order valence-electron chi connectivity index (χ4n) is 2.84. The fourth-order valence-corrected chi connectivity index (χ4v) is 2.84. The molecule has 0 spiro atoms. The average Bonchev–Trinajstić information content (AvgIpc) is 3.16. The standard InChI is InChI=1S/C25H30N2O3/c1-18(2)16-29-23-13-9-10-20(14-23)24-15-21(17-30-25(4,5)19(3)28)26-27(24)22-11-7-6-8-12-22/h6-15,18H,16-17H2,1-5H3. The summed E-state index contributed by atoms with van der Waals surface area (Å²) in [6.45, 7) is 10.3. The molecule has 3 rings (SSSR count). The van der Waals surface area contributed by atoms with Gasteiger partial charge in [-0.3, -0.25) is 4.79 Å². The summed E-state index contributed by atoms with van der Waals surface area (Å²) < 4.78 is 13.7. The highest BCUT2D eigenvalue weighted by atomic mass is 16.5. The molecule has 2 aromatic carbocycles. The number of aromatic nitrogens is 2. The van der Waals surface area contributed by atoms with Gasteiger partial charge in [0.2, 0.25) is 0 Å². The summed E-state index contributed by atoms with van der Waals surface area (Å²) in [6, 6.07) is 20.0. The third-order valence-electron chi connectivity index (χ3n) is 4.90. The first kappa shape index (κ1) is 21.8. The monoisotopic (exact) mass is 406 g/mol. The topological polar surface area (TPSA) is 53.4 Å². The van der Waals surface area contributed by atoms with Gasteiger partial charge in [-0.05, 0) is 57.0 Å². The molecule has 0 atom stereocenters.